The van der Waals surface area contributed by atoms with Gasteiger partial charge in [0, 0.05) is 11.1 Å². The number of aliphatic hydroxyl groups is 1. The first kappa shape index (κ1) is 16.1. The highest BCUT2D eigenvalue weighted by molar-refractivity contribution is 5.75. The van der Waals surface area contributed by atoms with E-state index < -0.39 is 0 Å². The van der Waals surface area contributed by atoms with Gasteiger partial charge in [-0.05, 0) is 45.4 Å². The van der Waals surface area contributed by atoms with Crippen LogP contribution in [0.25, 0.3) is 0 Å². The van der Waals surface area contributed by atoms with Gasteiger partial charge in [-0.25, -0.2) is 4.79 Å². The summed E-state index contributed by atoms with van der Waals surface area (Å²) in [5.41, 5.74) is 1.59. The summed E-state index contributed by atoms with van der Waals surface area (Å²) >= 11 is 0. The molecule has 1 rings (SSSR count). The standard InChI is InChI=1S/C16H22N2O2/c1-12(17-15(20)18-16(2,3)4)14-9-7-13(8-10-14)6-5-11-19/h7-10,12,19H,11H2,1-4H3,(H2,17,18,20). The van der Waals surface area contributed by atoms with Gasteiger partial charge < -0.3 is 15.7 Å². The zero-order valence-electron chi connectivity index (χ0n) is 12.4. The number of amides is 2. The predicted molar refractivity (Wildman–Crippen MR) is 80.2 cm³/mol. The van der Waals surface area contributed by atoms with E-state index in [1.165, 1.54) is 0 Å². The topological polar surface area (TPSA) is 61.4 Å². The molecule has 4 heteroatoms. The van der Waals surface area contributed by atoms with Crippen molar-refractivity contribution in [3.8, 4) is 11.8 Å². The number of carbonyl (C=O) groups is 1. The van der Waals surface area contributed by atoms with Crippen molar-refractivity contribution < 1.29 is 9.90 Å². The van der Waals surface area contributed by atoms with Gasteiger partial charge in [0.2, 0.25) is 0 Å². The summed E-state index contributed by atoms with van der Waals surface area (Å²) in [6.45, 7) is 7.59. The van der Waals surface area contributed by atoms with E-state index in [0.717, 1.165) is 11.1 Å². The molecule has 4 nitrogen and oxygen atoms in total. The predicted octanol–water partition coefficient (Wildman–Crippen LogP) is 2.19. The van der Waals surface area contributed by atoms with E-state index in [1.807, 2.05) is 52.0 Å². The Kier molecular flexibility index (Phi) is 5.60. The molecule has 108 valence electrons. The maximum atomic E-state index is 11.8. The minimum Gasteiger partial charge on any atom is -0.384 e. The Balaban J connectivity index is 2.64. The molecule has 1 unspecified atom stereocenters. The van der Waals surface area contributed by atoms with Crippen LogP contribution in [0.4, 0.5) is 4.79 Å². The molecule has 0 spiro atoms. The summed E-state index contributed by atoms with van der Waals surface area (Å²) in [5.74, 6) is 5.43. The number of hydrogen-bond donors (Lipinski definition) is 3. The lowest BCUT2D eigenvalue weighted by molar-refractivity contribution is 0.229. The van der Waals surface area contributed by atoms with Crippen LogP contribution in [0.1, 0.15) is 44.9 Å². The molecule has 0 aromatic heterocycles. The minimum absolute atomic E-state index is 0.0859. The van der Waals surface area contributed by atoms with Gasteiger partial charge in [-0.15, -0.1) is 0 Å². The summed E-state index contributed by atoms with van der Waals surface area (Å²) in [6, 6.07) is 7.31. The summed E-state index contributed by atoms with van der Waals surface area (Å²) in [4.78, 5) is 11.8. The van der Waals surface area contributed by atoms with Crippen molar-refractivity contribution in [2.24, 2.45) is 0 Å². The average Bonchev–Trinajstić information content (AvgIpc) is 2.34. The highest BCUT2D eigenvalue weighted by Gasteiger charge is 2.15. The average molecular weight is 274 g/mol. The van der Waals surface area contributed by atoms with Gasteiger partial charge in [-0.2, -0.15) is 0 Å². The van der Waals surface area contributed by atoms with Crippen molar-refractivity contribution in [3.63, 3.8) is 0 Å². The van der Waals surface area contributed by atoms with Crippen LogP contribution in [0, 0.1) is 11.8 Å². The minimum atomic E-state index is -0.256. The fourth-order valence-electron chi connectivity index (χ4n) is 1.65. The van der Waals surface area contributed by atoms with Crippen LogP contribution >= 0.6 is 0 Å². The summed E-state index contributed by atoms with van der Waals surface area (Å²) in [6.07, 6.45) is 0. The number of urea groups is 1. The van der Waals surface area contributed by atoms with E-state index in [0.29, 0.717) is 0 Å². The normalized spacial score (nSPS) is 12.1. The van der Waals surface area contributed by atoms with Crippen LogP contribution in [-0.4, -0.2) is 23.3 Å². The van der Waals surface area contributed by atoms with E-state index in [4.69, 9.17) is 5.11 Å². The second-order valence-electron chi connectivity index (χ2n) is 5.65. The van der Waals surface area contributed by atoms with Crippen molar-refractivity contribution in [1.29, 1.82) is 0 Å². The lowest BCUT2D eigenvalue weighted by atomic mass is 10.1. The molecule has 0 aliphatic carbocycles. The fourth-order valence-corrected chi connectivity index (χ4v) is 1.65. The second kappa shape index (κ2) is 6.97. The van der Waals surface area contributed by atoms with E-state index in [9.17, 15) is 4.79 Å². The first-order chi connectivity index (χ1) is 9.31. The van der Waals surface area contributed by atoms with Crippen LogP contribution in [0.2, 0.25) is 0 Å². The van der Waals surface area contributed by atoms with E-state index in [2.05, 4.69) is 22.5 Å². The highest BCUT2D eigenvalue weighted by Crippen LogP contribution is 2.13. The third kappa shape index (κ3) is 5.77. The number of hydrogen-bond acceptors (Lipinski definition) is 2. The number of rotatable bonds is 2. The fraction of sp³-hybridized carbons (Fsp3) is 0.438. The van der Waals surface area contributed by atoms with Crippen molar-refractivity contribution in [1.82, 2.24) is 10.6 Å². The number of benzene rings is 1. The maximum Gasteiger partial charge on any atom is 0.315 e. The molecule has 0 saturated carbocycles. The van der Waals surface area contributed by atoms with Crippen molar-refractivity contribution in [2.75, 3.05) is 6.61 Å². The smallest absolute Gasteiger partial charge is 0.315 e. The van der Waals surface area contributed by atoms with Gasteiger partial charge in [0.15, 0.2) is 0 Å². The van der Waals surface area contributed by atoms with Crippen molar-refractivity contribution in [2.45, 2.75) is 39.3 Å². The molecule has 1 aromatic carbocycles. The van der Waals surface area contributed by atoms with Gasteiger partial charge in [0.05, 0.1) is 6.04 Å². The van der Waals surface area contributed by atoms with E-state index in [-0.39, 0.29) is 24.2 Å². The van der Waals surface area contributed by atoms with Gasteiger partial charge in [0.1, 0.15) is 6.61 Å². The SMILES string of the molecule is CC(NC(=O)NC(C)(C)C)c1ccc(C#CCO)cc1. The monoisotopic (exact) mass is 274 g/mol. The van der Waals surface area contributed by atoms with Gasteiger partial charge >= 0.3 is 6.03 Å². The zero-order chi connectivity index (χ0) is 15.2. The van der Waals surface area contributed by atoms with Gasteiger partial charge in [-0.3, -0.25) is 0 Å². The van der Waals surface area contributed by atoms with Crippen molar-refractivity contribution in [3.05, 3.63) is 35.4 Å². The first-order valence-electron chi connectivity index (χ1n) is 6.60. The molecular weight excluding hydrogens is 252 g/mol. The Labute approximate surface area is 120 Å². The number of nitrogens with one attached hydrogen (secondary N) is 2. The molecule has 2 amide bonds. The molecule has 0 aliphatic heterocycles. The Morgan fingerprint density at radius 2 is 1.90 bits per heavy atom. The molecule has 1 aromatic rings. The molecule has 0 fully saturated rings. The van der Waals surface area contributed by atoms with Crippen LogP contribution < -0.4 is 10.6 Å². The third-order valence-electron chi connectivity index (χ3n) is 2.56. The summed E-state index contributed by atoms with van der Waals surface area (Å²) < 4.78 is 0. The molecule has 3 N–H and O–H groups in total. The first-order valence-corrected chi connectivity index (χ1v) is 6.60. The highest BCUT2D eigenvalue weighted by atomic mass is 16.2. The maximum absolute atomic E-state index is 11.8. The molecule has 0 radical (unpaired) electrons. The molecule has 1 atom stereocenters. The second-order valence-corrected chi connectivity index (χ2v) is 5.65. The Hall–Kier alpha value is -1.99. The zero-order valence-corrected chi connectivity index (χ0v) is 12.4. The number of aliphatic hydroxyl groups excluding tert-OH is 1. The number of carbonyl (C=O) groups excluding carboxylic acids is 1. The summed E-state index contributed by atoms with van der Waals surface area (Å²) in [5, 5.41) is 14.4. The van der Waals surface area contributed by atoms with Crippen molar-refractivity contribution >= 4 is 6.03 Å². The lowest BCUT2D eigenvalue weighted by Crippen LogP contribution is -2.47. The van der Waals surface area contributed by atoms with Gasteiger partial charge in [0.25, 0.3) is 0 Å². The Morgan fingerprint density at radius 1 is 1.30 bits per heavy atom. The molecule has 0 bridgehead atoms. The Morgan fingerprint density at radius 3 is 2.40 bits per heavy atom. The third-order valence-corrected chi connectivity index (χ3v) is 2.56. The van der Waals surface area contributed by atoms with Crippen LogP contribution in [-0.2, 0) is 0 Å². The van der Waals surface area contributed by atoms with E-state index >= 15 is 0 Å². The summed E-state index contributed by atoms with van der Waals surface area (Å²) in [7, 11) is 0. The van der Waals surface area contributed by atoms with Crippen LogP contribution in [0.5, 0.6) is 0 Å². The quantitative estimate of drug-likeness (QED) is 0.724. The van der Waals surface area contributed by atoms with E-state index in [1.54, 1.807) is 0 Å². The molecule has 0 aliphatic rings. The van der Waals surface area contributed by atoms with Gasteiger partial charge in [-0.1, -0.05) is 24.0 Å². The van der Waals surface area contributed by atoms with Crippen LogP contribution in [0.3, 0.4) is 0 Å². The lowest BCUT2D eigenvalue weighted by Gasteiger charge is -2.23. The molecule has 0 saturated heterocycles. The molecule has 0 heterocycles. The van der Waals surface area contributed by atoms with Crippen LogP contribution in [0.15, 0.2) is 24.3 Å². The molecule has 20 heavy (non-hydrogen) atoms. The molecular formula is C16H22N2O2. The largest absolute Gasteiger partial charge is 0.384 e. The Bertz CT molecular complexity index is 504.